The fraction of sp³-hybridized carbons (Fsp3) is 0.500. The van der Waals surface area contributed by atoms with Crippen LogP contribution in [-0.2, 0) is 5.60 Å². The van der Waals surface area contributed by atoms with E-state index < -0.39 is 17.7 Å². The molecule has 0 aliphatic heterocycles. The Bertz CT molecular complexity index is 649. The lowest BCUT2D eigenvalue weighted by Gasteiger charge is -2.35. The molecule has 0 bridgehead atoms. The molecule has 0 spiro atoms. The minimum absolute atomic E-state index is 0.0595. The molecule has 21 heavy (non-hydrogen) atoms. The molecule has 2 nitrogen and oxygen atoms in total. The van der Waals surface area contributed by atoms with Gasteiger partial charge in [0.1, 0.15) is 16.9 Å². The summed E-state index contributed by atoms with van der Waals surface area (Å²) in [5, 5.41) is 11.5. The highest BCUT2D eigenvalue weighted by atomic mass is 19.4. The number of hydrogen-bond acceptors (Lipinski definition) is 2. The summed E-state index contributed by atoms with van der Waals surface area (Å²) < 4.78 is 43.8. The zero-order chi connectivity index (χ0) is 15.3. The maximum absolute atomic E-state index is 12.7. The Morgan fingerprint density at radius 3 is 2.48 bits per heavy atom. The summed E-state index contributed by atoms with van der Waals surface area (Å²) in [5.41, 5.74) is 0.443. The van der Waals surface area contributed by atoms with Gasteiger partial charge in [0.15, 0.2) is 0 Å². The van der Waals surface area contributed by atoms with Gasteiger partial charge >= 0.3 is 6.18 Å². The normalized spacial score (nSPS) is 27.2. The molecule has 114 valence electrons. The number of aryl methyl sites for hydroxylation is 1. The third kappa shape index (κ3) is 2.67. The van der Waals surface area contributed by atoms with Gasteiger partial charge in [-0.15, -0.1) is 0 Å². The molecule has 1 aliphatic rings. The summed E-state index contributed by atoms with van der Waals surface area (Å²) in [7, 11) is 0. The van der Waals surface area contributed by atoms with Crippen LogP contribution in [0.1, 0.15) is 37.0 Å². The number of rotatable bonds is 1. The lowest BCUT2D eigenvalue weighted by Crippen LogP contribution is -2.36. The molecular formula is C16H17F3O2. The van der Waals surface area contributed by atoms with Crippen LogP contribution in [-0.4, -0.2) is 11.3 Å². The van der Waals surface area contributed by atoms with Crippen LogP contribution in [0.3, 0.4) is 0 Å². The summed E-state index contributed by atoms with van der Waals surface area (Å²) in [5.74, 6) is -0.937. The van der Waals surface area contributed by atoms with Gasteiger partial charge in [-0.3, -0.25) is 0 Å². The van der Waals surface area contributed by atoms with Gasteiger partial charge in [0.2, 0.25) is 0 Å². The molecule has 1 saturated carbocycles. The topological polar surface area (TPSA) is 33.4 Å². The number of alkyl halides is 3. The van der Waals surface area contributed by atoms with Crippen LogP contribution < -0.4 is 0 Å². The Morgan fingerprint density at radius 2 is 1.86 bits per heavy atom. The summed E-state index contributed by atoms with van der Waals surface area (Å²) in [6.45, 7) is 1.95. The number of benzene rings is 1. The fourth-order valence-corrected chi connectivity index (χ4v) is 3.06. The first-order valence-corrected chi connectivity index (χ1v) is 7.08. The van der Waals surface area contributed by atoms with E-state index in [-0.39, 0.29) is 25.7 Å². The molecule has 0 unspecified atom stereocenters. The Balaban J connectivity index is 1.85. The highest BCUT2D eigenvalue weighted by molar-refractivity contribution is 5.78. The van der Waals surface area contributed by atoms with E-state index in [1.165, 1.54) is 0 Å². The van der Waals surface area contributed by atoms with Crippen molar-refractivity contribution < 1.29 is 22.7 Å². The maximum atomic E-state index is 12.7. The van der Waals surface area contributed by atoms with Gasteiger partial charge < -0.3 is 9.52 Å². The van der Waals surface area contributed by atoms with Crippen molar-refractivity contribution in [1.82, 2.24) is 0 Å². The van der Waals surface area contributed by atoms with Gasteiger partial charge in [-0.05, 0) is 50.8 Å². The third-order valence-electron chi connectivity index (χ3n) is 4.41. The van der Waals surface area contributed by atoms with E-state index in [9.17, 15) is 18.3 Å². The zero-order valence-electron chi connectivity index (χ0n) is 11.7. The van der Waals surface area contributed by atoms with Crippen LogP contribution in [0.4, 0.5) is 13.2 Å². The summed E-state index contributed by atoms with van der Waals surface area (Å²) in [6, 6.07) is 7.41. The molecule has 1 aromatic heterocycles. The number of furan rings is 1. The van der Waals surface area contributed by atoms with Gasteiger partial charge in [-0.2, -0.15) is 13.2 Å². The number of fused-ring (bicyclic) bond motifs is 1. The lowest BCUT2D eigenvalue weighted by molar-refractivity contribution is -0.194. The average Bonchev–Trinajstić information content (AvgIpc) is 2.81. The van der Waals surface area contributed by atoms with Gasteiger partial charge in [0, 0.05) is 5.39 Å². The Hall–Kier alpha value is -1.49. The van der Waals surface area contributed by atoms with Gasteiger partial charge in [0.25, 0.3) is 0 Å². The molecule has 2 aromatic rings. The quantitative estimate of drug-likeness (QED) is 0.829. The molecule has 0 atom stereocenters. The highest BCUT2D eigenvalue weighted by Gasteiger charge is 2.46. The van der Waals surface area contributed by atoms with Crippen LogP contribution in [0.15, 0.2) is 28.7 Å². The fourth-order valence-electron chi connectivity index (χ4n) is 3.06. The van der Waals surface area contributed by atoms with E-state index in [4.69, 9.17) is 4.42 Å². The van der Waals surface area contributed by atoms with Crippen LogP contribution in [0.2, 0.25) is 0 Å². The maximum Gasteiger partial charge on any atom is 0.391 e. The van der Waals surface area contributed by atoms with Crippen molar-refractivity contribution in [3.05, 3.63) is 35.6 Å². The van der Waals surface area contributed by atoms with Crippen LogP contribution >= 0.6 is 0 Å². The van der Waals surface area contributed by atoms with Crippen molar-refractivity contribution in [2.75, 3.05) is 0 Å². The van der Waals surface area contributed by atoms with Crippen molar-refractivity contribution >= 4 is 11.0 Å². The smallest absolute Gasteiger partial charge is 0.391 e. The van der Waals surface area contributed by atoms with Gasteiger partial charge in [0.05, 0.1) is 5.92 Å². The summed E-state index contributed by atoms with van der Waals surface area (Å²) in [4.78, 5) is 0. The standard InChI is InChI=1S/C16H17F3O2/c1-10-2-3-13-11(8-10)9-14(21-13)15(20)6-4-12(5-7-15)16(17,18)19/h2-3,8-9,12,20H,4-7H2,1H3. The summed E-state index contributed by atoms with van der Waals surface area (Å²) in [6.07, 6.45) is -4.13. The third-order valence-corrected chi connectivity index (χ3v) is 4.41. The van der Waals surface area contributed by atoms with E-state index >= 15 is 0 Å². The molecule has 0 amide bonds. The Morgan fingerprint density at radius 1 is 1.19 bits per heavy atom. The minimum Gasteiger partial charge on any atom is -0.458 e. The van der Waals surface area contributed by atoms with Crippen molar-refractivity contribution in [3.63, 3.8) is 0 Å². The van der Waals surface area contributed by atoms with E-state index in [1.807, 2.05) is 25.1 Å². The van der Waals surface area contributed by atoms with E-state index in [1.54, 1.807) is 6.07 Å². The van der Waals surface area contributed by atoms with Crippen LogP contribution in [0.25, 0.3) is 11.0 Å². The predicted molar refractivity (Wildman–Crippen MR) is 72.9 cm³/mol. The van der Waals surface area contributed by atoms with Gasteiger partial charge in [-0.1, -0.05) is 11.6 Å². The SMILES string of the molecule is Cc1ccc2oc(C3(O)CCC(C(F)(F)F)CC3)cc2c1. The lowest BCUT2D eigenvalue weighted by atomic mass is 9.77. The van der Waals surface area contributed by atoms with Crippen LogP contribution in [0, 0.1) is 12.8 Å². The second kappa shape index (κ2) is 4.77. The Kier molecular flexibility index (Phi) is 3.28. The molecule has 5 heteroatoms. The zero-order valence-corrected chi connectivity index (χ0v) is 11.7. The molecule has 1 N–H and O–H groups in total. The van der Waals surface area contributed by atoms with Crippen molar-refractivity contribution in [2.45, 2.75) is 44.4 Å². The van der Waals surface area contributed by atoms with Gasteiger partial charge in [-0.25, -0.2) is 0 Å². The van der Waals surface area contributed by atoms with Crippen molar-refractivity contribution in [3.8, 4) is 0 Å². The minimum atomic E-state index is -4.17. The number of halogens is 3. The molecule has 1 aromatic carbocycles. The highest BCUT2D eigenvalue weighted by Crippen LogP contribution is 2.46. The largest absolute Gasteiger partial charge is 0.458 e. The van der Waals surface area contributed by atoms with E-state index in [0.29, 0.717) is 11.3 Å². The predicted octanol–water partition coefficient (Wildman–Crippen LogP) is 4.68. The molecule has 1 heterocycles. The number of aliphatic hydroxyl groups is 1. The molecule has 0 radical (unpaired) electrons. The van der Waals surface area contributed by atoms with Crippen LogP contribution in [0.5, 0.6) is 0 Å². The second-order valence-electron chi connectivity index (χ2n) is 6.00. The first-order chi connectivity index (χ1) is 9.78. The second-order valence-corrected chi connectivity index (χ2v) is 6.00. The summed E-state index contributed by atoms with van der Waals surface area (Å²) >= 11 is 0. The number of hydrogen-bond donors (Lipinski definition) is 1. The van der Waals surface area contributed by atoms with Crippen molar-refractivity contribution in [2.24, 2.45) is 5.92 Å². The Labute approximate surface area is 120 Å². The van der Waals surface area contributed by atoms with E-state index in [0.717, 1.165) is 10.9 Å². The molecular weight excluding hydrogens is 281 g/mol. The monoisotopic (exact) mass is 298 g/mol. The van der Waals surface area contributed by atoms with E-state index in [2.05, 4.69) is 0 Å². The first kappa shape index (κ1) is 14.4. The average molecular weight is 298 g/mol. The van der Waals surface area contributed by atoms with Crippen molar-refractivity contribution in [1.29, 1.82) is 0 Å². The molecule has 0 saturated heterocycles. The molecule has 1 aliphatic carbocycles. The molecule has 3 rings (SSSR count). The molecule has 1 fully saturated rings. The first-order valence-electron chi connectivity index (χ1n) is 7.08.